The van der Waals surface area contributed by atoms with Gasteiger partial charge in [0.15, 0.2) is 10.0 Å². The van der Waals surface area contributed by atoms with Crippen LogP contribution in [0, 0.1) is 0 Å². The van der Waals surface area contributed by atoms with E-state index in [0.29, 0.717) is 0 Å². The minimum Gasteiger partial charge on any atom is -0.242 e. The molecule has 0 aliphatic rings. The molecule has 3 nitrogen and oxygen atoms in total. The van der Waals surface area contributed by atoms with Gasteiger partial charge in [-0.2, -0.15) is 4.99 Å². The van der Waals surface area contributed by atoms with Crippen LogP contribution in [0.4, 0.5) is 5.69 Å². The normalized spacial score (nSPS) is 10.4. The van der Waals surface area contributed by atoms with Gasteiger partial charge in [0.05, 0.1) is 21.1 Å². The summed E-state index contributed by atoms with van der Waals surface area (Å²) in [5.74, 6) is 0. The third-order valence-corrected chi connectivity index (χ3v) is 4.20. The first kappa shape index (κ1) is 10.7. The molecule has 3 rings (SSSR count). The SMILES string of the molecule is S=C=Nc1ccc2sc(-c3nccs3)nc2c1. The average molecular weight is 275 g/mol. The number of rotatable bonds is 2. The van der Waals surface area contributed by atoms with Gasteiger partial charge >= 0.3 is 0 Å². The number of nitrogens with zero attached hydrogens (tertiary/aromatic N) is 3. The third-order valence-electron chi connectivity index (χ3n) is 2.16. The average Bonchev–Trinajstić information content (AvgIpc) is 2.97. The van der Waals surface area contributed by atoms with Crippen LogP contribution in [-0.2, 0) is 0 Å². The Balaban J connectivity index is 2.16. The fraction of sp³-hybridized carbons (Fsp3) is 0. The lowest BCUT2D eigenvalue weighted by Crippen LogP contribution is -1.72. The first-order valence-corrected chi connectivity index (χ1v) is 6.85. The topological polar surface area (TPSA) is 38.1 Å². The highest BCUT2D eigenvalue weighted by molar-refractivity contribution is 7.78. The Hall–Kier alpha value is -1.46. The van der Waals surface area contributed by atoms with Crippen molar-refractivity contribution in [2.24, 2.45) is 4.99 Å². The van der Waals surface area contributed by atoms with Crippen molar-refractivity contribution in [1.82, 2.24) is 9.97 Å². The third kappa shape index (κ3) is 2.03. The molecule has 0 fully saturated rings. The number of isothiocyanates is 1. The Bertz CT molecular complexity index is 709. The Morgan fingerprint density at radius 2 is 2.24 bits per heavy atom. The molecular formula is C11H5N3S3. The second-order valence-electron chi connectivity index (χ2n) is 3.21. The van der Waals surface area contributed by atoms with E-state index in [1.807, 2.05) is 23.6 Å². The highest BCUT2D eigenvalue weighted by Crippen LogP contribution is 2.32. The zero-order valence-electron chi connectivity index (χ0n) is 8.45. The van der Waals surface area contributed by atoms with Crippen molar-refractivity contribution in [2.75, 3.05) is 0 Å². The minimum absolute atomic E-state index is 0.781. The van der Waals surface area contributed by atoms with E-state index in [4.69, 9.17) is 0 Å². The number of benzene rings is 1. The van der Waals surface area contributed by atoms with Crippen LogP contribution in [0.1, 0.15) is 0 Å². The van der Waals surface area contributed by atoms with Crippen molar-refractivity contribution in [1.29, 1.82) is 0 Å². The van der Waals surface area contributed by atoms with E-state index in [2.05, 4.69) is 32.3 Å². The number of thiazole rings is 2. The fourth-order valence-corrected chi connectivity index (χ4v) is 3.19. The maximum atomic E-state index is 4.58. The highest BCUT2D eigenvalue weighted by atomic mass is 32.1. The maximum absolute atomic E-state index is 4.58. The van der Waals surface area contributed by atoms with Crippen LogP contribution in [-0.4, -0.2) is 15.1 Å². The molecule has 0 saturated heterocycles. The van der Waals surface area contributed by atoms with Gasteiger partial charge in [0, 0.05) is 11.6 Å². The maximum Gasteiger partial charge on any atom is 0.153 e. The Kier molecular flexibility index (Phi) is 2.78. The van der Waals surface area contributed by atoms with Crippen molar-refractivity contribution < 1.29 is 0 Å². The summed E-state index contributed by atoms with van der Waals surface area (Å²) in [7, 11) is 0. The first-order valence-electron chi connectivity index (χ1n) is 4.75. The Morgan fingerprint density at radius 3 is 3.00 bits per heavy atom. The van der Waals surface area contributed by atoms with Crippen molar-refractivity contribution in [3.05, 3.63) is 29.8 Å². The number of hydrogen-bond donors (Lipinski definition) is 0. The standard InChI is InChI=1S/C11H5N3S3/c15-6-13-7-1-2-9-8(5-7)14-11(17-9)10-12-3-4-16-10/h1-5H. The fourth-order valence-electron chi connectivity index (χ4n) is 1.46. The summed E-state index contributed by atoms with van der Waals surface area (Å²) in [6, 6.07) is 5.81. The first-order chi connectivity index (χ1) is 8.36. The molecule has 2 aromatic heterocycles. The van der Waals surface area contributed by atoms with Gasteiger partial charge in [-0.15, -0.1) is 22.7 Å². The van der Waals surface area contributed by atoms with Gasteiger partial charge < -0.3 is 0 Å². The molecule has 0 unspecified atom stereocenters. The second kappa shape index (κ2) is 4.43. The lowest BCUT2D eigenvalue weighted by atomic mass is 10.3. The van der Waals surface area contributed by atoms with Crippen LogP contribution in [0.3, 0.4) is 0 Å². The quantitative estimate of drug-likeness (QED) is 0.521. The summed E-state index contributed by atoms with van der Waals surface area (Å²) in [5.41, 5.74) is 1.70. The second-order valence-corrected chi connectivity index (χ2v) is 5.32. The van der Waals surface area contributed by atoms with Crippen molar-refractivity contribution >= 4 is 56.0 Å². The molecule has 3 aromatic rings. The zero-order chi connectivity index (χ0) is 11.7. The van der Waals surface area contributed by atoms with Gasteiger partial charge in [-0.1, -0.05) is 0 Å². The Morgan fingerprint density at radius 1 is 1.29 bits per heavy atom. The van der Waals surface area contributed by atoms with Crippen molar-refractivity contribution in [3.63, 3.8) is 0 Å². The van der Waals surface area contributed by atoms with Gasteiger partial charge in [0.2, 0.25) is 0 Å². The number of aromatic nitrogens is 2. The molecule has 0 N–H and O–H groups in total. The summed E-state index contributed by atoms with van der Waals surface area (Å²) in [6.45, 7) is 0. The van der Waals surface area contributed by atoms with Gasteiger partial charge in [0.25, 0.3) is 0 Å². The molecule has 0 spiro atoms. The molecule has 0 aliphatic carbocycles. The van der Waals surface area contributed by atoms with Gasteiger partial charge in [-0.25, -0.2) is 9.97 Å². The summed E-state index contributed by atoms with van der Waals surface area (Å²) in [5, 5.41) is 6.20. The number of hydrogen-bond acceptors (Lipinski definition) is 6. The molecule has 82 valence electrons. The lowest BCUT2D eigenvalue weighted by Gasteiger charge is -1.89. The van der Waals surface area contributed by atoms with Crippen molar-refractivity contribution in [2.45, 2.75) is 0 Å². The molecule has 17 heavy (non-hydrogen) atoms. The molecule has 0 amide bonds. The number of aliphatic imine (C=N–C) groups is 1. The van der Waals surface area contributed by atoms with Crippen LogP contribution in [0.5, 0.6) is 0 Å². The monoisotopic (exact) mass is 275 g/mol. The summed E-state index contributed by atoms with van der Waals surface area (Å²) >= 11 is 7.80. The molecule has 0 saturated carbocycles. The van der Waals surface area contributed by atoms with E-state index in [-0.39, 0.29) is 0 Å². The van der Waals surface area contributed by atoms with E-state index in [0.717, 1.165) is 25.9 Å². The van der Waals surface area contributed by atoms with E-state index >= 15 is 0 Å². The number of fused-ring (bicyclic) bond motifs is 1. The molecule has 1 aromatic carbocycles. The summed E-state index contributed by atoms with van der Waals surface area (Å²) in [4.78, 5) is 12.7. The minimum atomic E-state index is 0.781. The van der Waals surface area contributed by atoms with Crippen LogP contribution in [0.15, 0.2) is 34.8 Å². The van der Waals surface area contributed by atoms with Crippen LogP contribution in [0.2, 0.25) is 0 Å². The smallest absolute Gasteiger partial charge is 0.153 e. The predicted octanol–water partition coefficient (Wildman–Crippen LogP) is 4.15. The van der Waals surface area contributed by atoms with Crippen molar-refractivity contribution in [3.8, 4) is 10.0 Å². The molecule has 0 radical (unpaired) electrons. The van der Waals surface area contributed by atoms with Gasteiger partial charge in [-0.3, -0.25) is 0 Å². The van der Waals surface area contributed by atoms with Crippen LogP contribution >= 0.6 is 34.9 Å². The predicted molar refractivity (Wildman–Crippen MR) is 75.4 cm³/mol. The molecule has 0 atom stereocenters. The largest absolute Gasteiger partial charge is 0.242 e. The van der Waals surface area contributed by atoms with Crippen LogP contribution < -0.4 is 0 Å². The summed E-state index contributed by atoms with van der Waals surface area (Å²) in [6.07, 6.45) is 1.79. The molecule has 6 heteroatoms. The van der Waals surface area contributed by atoms with E-state index < -0.39 is 0 Å². The highest BCUT2D eigenvalue weighted by Gasteiger charge is 2.08. The molecule has 2 heterocycles. The molecule has 0 aliphatic heterocycles. The summed E-state index contributed by atoms with van der Waals surface area (Å²) < 4.78 is 1.12. The zero-order valence-corrected chi connectivity index (χ0v) is 10.9. The van der Waals surface area contributed by atoms with E-state index in [1.54, 1.807) is 28.9 Å². The Labute approximate surface area is 111 Å². The molecule has 0 bridgehead atoms. The number of thiocarbonyl (C=S) groups is 1. The van der Waals surface area contributed by atoms with Gasteiger partial charge in [-0.05, 0) is 30.4 Å². The van der Waals surface area contributed by atoms with E-state index in [1.165, 1.54) is 0 Å². The van der Waals surface area contributed by atoms with Crippen LogP contribution in [0.25, 0.3) is 20.2 Å². The molecular weight excluding hydrogens is 270 g/mol. The lowest BCUT2D eigenvalue weighted by molar-refractivity contribution is 1.38. The van der Waals surface area contributed by atoms with Gasteiger partial charge in [0.1, 0.15) is 0 Å². The van der Waals surface area contributed by atoms with E-state index in [9.17, 15) is 0 Å².